The van der Waals surface area contributed by atoms with Gasteiger partial charge in [-0.05, 0) is 38.0 Å². The van der Waals surface area contributed by atoms with Gasteiger partial charge in [0, 0.05) is 50.0 Å². The van der Waals surface area contributed by atoms with E-state index < -0.39 is 0 Å². The summed E-state index contributed by atoms with van der Waals surface area (Å²) in [6.45, 7) is 8.80. The van der Waals surface area contributed by atoms with Gasteiger partial charge in [0.25, 0.3) is 0 Å². The molecule has 5 heteroatoms. The molecule has 0 bridgehead atoms. The predicted octanol–water partition coefficient (Wildman–Crippen LogP) is 2.60. The summed E-state index contributed by atoms with van der Waals surface area (Å²) in [6, 6.07) is 4.75. The first-order chi connectivity index (χ1) is 10.2. The quantitative estimate of drug-likeness (QED) is 0.869. The van der Waals surface area contributed by atoms with Crippen LogP contribution in [-0.2, 0) is 6.42 Å². The van der Waals surface area contributed by atoms with E-state index >= 15 is 0 Å². The van der Waals surface area contributed by atoms with E-state index in [1.165, 1.54) is 10.7 Å². The lowest BCUT2D eigenvalue weighted by atomic mass is 10.1. The van der Waals surface area contributed by atoms with Crippen molar-refractivity contribution in [2.75, 3.05) is 31.1 Å². The third-order valence-corrected chi connectivity index (χ3v) is 5.03. The Labute approximate surface area is 130 Å². The molecular weight excluding hydrogens is 280 g/mol. The first-order valence-electron chi connectivity index (χ1n) is 7.52. The van der Waals surface area contributed by atoms with E-state index in [1.54, 1.807) is 11.3 Å². The van der Waals surface area contributed by atoms with E-state index in [-0.39, 0.29) is 0 Å². The van der Waals surface area contributed by atoms with Gasteiger partial charge in [0.2, 0.25) is 0 Å². The number of pyridine rings is 1. The summed E-state index contributed by atoms with van der Waals surface area (Å²) in [4.78, 5) is 13.7. The van der Waals surface area contributed by atoms with Crippen LogP contribution in [0.4, 0.5) is 5.13 Å². The highest BCUT2D eigenvalue weighted by Gasteiger charge is 2.25. The second kappa shape index (κ2) is 6.54. The number of hydrogen-bond donors (Lipinski definition) is 0. The molecule has 3 rings (SSSR count). The molecule has 1 aliphatic rings. The largest absolute Gasteiger partial charge is 0.343 e. The van der Waals surface area contributed by atoms with Crippen molar-refractivity contribution in [3.8, 4) is 0 Å². The van der Waals surface area contributed by atoms with Crippen LogP contribution in [0.15, 0.2) is 29.9 Å². The Kier molecular flexibility index (Phi) is 4.51. The van der Waals surface area contributed by atoms with E-state index in [1.807, 2.05) is 12.4 Å². The van der Waals surface area contributed by atoms with Crippen LogP contribution in [0, 0.1) is 6.92 Å². The fourth-order valence-corrected chi connectivity index (χ4v) is 3.76. The molecule has 0 N–H and O–H groups in total. The molecule has 2 aromatic heterocycles. The summed E-state index contributed by atoms with van der Waals surface area (Å²) in [5, 5.41) is 3.31. The van der Waals surface area contributed by atoms with Crippen LogP contribution in [0.2, 0.25) is 0 Å². The molecule has 0 radical (unpaired) electrons. The molecule has 0 amide bonds. The highest BCUT2D eigenvalue weighted by Crippen LogP contribution is 2.24. The molecule has 2 aromatic rings. The molecule has 4 nitrogen and oxygen atoms in total. The van der Waals surface area contributed by atoms with Crippen molar-refractivity contribution in [1.82, 2.24) is 14.9 Å². The standard InChI is InChI=1S/C16H22N4S/c1-13-12-21-16(18-13)20-10-9-19(11-14(20)2)8-5-15-3-6-17-7-4-15/h3-4,6-7,12,14H,5,8-11H2,1-2H3. The van der Waals surface area contributed by atoms with Gasteiger partial charge in [-0.15, -0.1) is 11.3 Å². The average Bonchev–Trinajstić information content (AvgIpc) is 2.92. The monoisotopic (exact) mass is 302 g/mol. The SMILES string of the molecule is Cc1csc(N2CCN(CCc3ccncc3)CC2C)n1. The maximum absolute atomic E-state index is 4.62. The molecule has 1 saturated heterocycles. The van der Waals surface area contributed by atoms with Crippen molar-refractivity contribution in [1.29, 1.82) is 0 Å². The molecule has 1 fully saturated rings. The fraction of sp³-hybridized carbons (Fsp3) is 0.500. The Bertz CT molecular complexity index is 569. The zero-order valence-electron chi connectivity index (χ0n) is 12.7. The van der Waals surface area contributed by atoms with Crippen LogP contribution in [-0.4, -0.2) is 47.1 Å². The van der Waals surface area contributed by atoms with Gasteiger partial charge in [0.15, 0.2) is 5.13 Å². The van der Waals surface area contributed by atoms with Crippen LogP contribution in [0.1, 0.15) is 18.2 Å². The number of aryl methyl sites for hydroxylation is 1. The van der Waals surface area contributed by atoms with Crippen molar-refractivity contribution in [3.05, 3.63) is 41.2 Å². The number of thiazole rings is 1. The summed E-state index contributed by atoms with van der Waals surface area (Å²) < 4.78 is 0. The topological polar surface area (TPSA) is 32.3 Å². The van der Waals surface area contributed by atoms with E-state index in [0.29, 0.717) is 6.04 Å². The molecule has 0 aliphatic carbocycles. The maximum Gasteiger partial charge on any atom is 0.185 e. The first kappa shape index (κ1) is 14.5. The summed E-state index contributed by atoms with van der Waals surface area (Å²) in [7, 11) is 0. The van der Waals surface area contributed by atoms with Gasteiger partial charge >= 0.3 is 0 Å². The van der Waals surface area contributed by atoms with Crippen molar-refractivity contribution >= 4 is 16.5 Å². The van der Waals surface area contributed by atoms with Crippen LogP contribution in [0.25, 0.3) is 0 Å². The maximum atomic E-state index is 4.62. The van der Waals surface area contributed by atoms with E-state index in [0.717, 1.165) is 38.3 Å². The highest BCUT2D eigenvalue weighted by molar-refractivity contribution is 7.13. The number of nitrogens with zero attached hydrogens (tertiary/aromatic N) is 4. The Morgan fingerprint density at radius 2 is 2.10 bits per heavy atom. The first-order valence-corrected chi connectivity index (χ1v) is 8.40. The van der Waals surface area contributed by atoms with E-state index in [9.17, 15) is 0 Å². The molecule has 3 heterocycles. The Hall–Kier alpha value is -1.46. The zero-order chi connectivity index (χ0) is 14.7. The number of hydrogen-bond acceptors (Lipinski definition) is 5. The molecule has 1 atom stereocenters. The summed E-state index contributed by atoms with van der Waals surface area (Å²) in [5.74, 6) is 0. The summed E-state index contributed by atoms with van der Waals surface area (Å²) >= 11 is 1.76. The van der Waals surface area contributed by atoms with Gasteiger partial charge in [-0.2, -0.15) is 0 Å². The summed E-state index contributed by atoms with van der Waals surface area (Å²) in [5.41, 5.74) is 2.50. The molecule has 1 aliphatic heterocycles. The van der Waals surface area contributed by atoms with Crippen LogP contribution in [0.5, 0.6) is 0 Å². The van der Waals surface area contributed by atoms with Crippen LogP contribution >= 0.6 is 11.3 Å². The molecule has 1 unspecified atom stereocenters. The van der Waals surface area contributed by atoms with Crippen LogP contribution < -0.4 is 4.90 Å². The smallest absolute Gasteiger partial charge is 0.185 e. The van der Waals surface area contributed by atoms with Crippen molar-refractivity contribution in [2.45, 2.75) is 26.3 Å². The number of rotatable bonds is 4. The highest BCUT2D eigenvalue weighted by atomic mass is 32.1. The average molecular weight is 302 g/mol. The fourth-order valence-electron chi connectivity index (χ4n) is 2.83. The Morgan fingerprint density at radius 3 is 2.76 bits per heavy atom. The minimum Gasteiger partial charge on any atom is -0.343 e. The van der Waals surface area contributed by atoms with Gasteiger partial charge in [-0.25, -0.2) is 4.98 Å². The van der Waals surface area contributed by atoms with Crippen LogP contribution in [0.3, 0.4) is 0 Å². The predicted molar refractivity (Wildman–Crippen MR) is 88.0 cm³/mol. The lowest BCUT2D eigenvalue weighted by molar-refractivity contribution is 0.231. The number of anilines is 1. The van der Waals surface area contributed by atoms with Crippen molar-refractivity contribution in [2.24, 2.45) is 0 Å². The molecule has 0 aromatic carbocycles. The van der Waals surface area contributed by atoms with E-state index in [4.69, 9.17) is 0 Å². The lowest BCUT2D eigenvalue weighted by Crippen LogP contribution is -2.52. The van der Waals surface area contributed by atoms with E-state index in [2.05, 4.69) is 51.1 Å². The van der Waals surface area contributed by atoms with Gasteiger partial charge in [-0.3, -0.25) is 9.88 Å². The van der Waals surface area contributed by atoms with Gasteiger partial charge in [0.05, 0.1) is 5.69 Å². The summed E-state index contributed by atoms with van der Waals surface area (Å²) in [6.07, 6.45) is 4.85. The second-order valence-electron chi connectivity index (χ2n) is 5.72. The third-order valence-electron chi connectivity index (χ3n) is 4.03. The lowest BCUT2D eigenvalue weighted by Gasteiger charge is -2.39. The molecule has 0 spiro atoms. The number of aromatic nitrogens is 2. The second-order valence-corrected chi connectivity index (χ2v) is 6.56. The minimum atomic E-state index is 0.529. The third kappa shape index (κ3) is 3.60. The molecular formula is C16H22N4S. The molecule has 0 saturated carbocycles. The van der Waals surface area contributed by atoms with Crippen molar-refractivity contribution in [3.63, 3.8) is 0 Å². The molecule has 21 heavy (non-hydrogen) atoms. The zero-order valence-corrected chi connectivity index (χ0v) is 13.5. The van der Waals surface area contributed by atoms with Gasteiger partial charge < -0.3 is 4.90 Å². The minimum absolute atomic E-state index is 0.529. The van der Waals surface area contributed by atoms with Gasteiger partial charge in [0.1, 0.15) is 0 Å². The van der Waals surface area contributed by atoms with Gasteiger partial charge in [-0.1, -0.05) is 0 Å². The Morgan fingerprint density at radius 1 is 1.29 bits per heavy atom. The molecule has 112 valence electrons. The normalized spacial score (nSPS) is 19.9. The van der Waals surface area contributed by atoms with Crippen molar-refractivity contribution < 1.29 is 0 Å². The Balaban J connectivity index is 1.53. The number of piperazine rings is 1.